The van der Waals surface area contributed by atoms with Gasteiger partial charge in [-0.15, -0.1) is 0 Å². The Labute approximate surface area is 190 Å². The Morgan fingerprint density at radius 1 is 1.09 bits per heavy atom. The van der Waals surface area contributed by atoms with Crippen LogP contribution in [-0.4, -0.2) is 77.0 Å². The molecule has 8 nitrogen and oxygen atoms in total. The van der Waals surface area contributed by atoms with Gasteiger partial charge in [0, 0.05) is 37.8 Å². The van der Waals surface area contributed by atoms with E-state index in [0.717, 1.165) is 0 Å². The Bertz CT molecular complexity index is 809. The summed E-state index contributed by atoms with van der Waals surface area (Å²) >= 11 is 0. The molecular formula is C22H31B2NO7. The molecule has 2 heterocycles. The molecule has 1 amide bonds. The highest BCUT2D eigenvalue weighted by Gasteiger charge is 2.53. The zero-order valence-electron chi connectivity index (χ0n) is 19.1. The normalized spacial score (nSPS) is 31.8. The Morgan fingerprint density at radius 3 is 2.47 bits per heavy atom. The fraction of sp³-hybridized carbons (Fsp3) is 0.591. The lowest BCUT2D eigenvalue weighted by atomic mass is 9.78. The standard InChI is InChI=1S/C22H31B2NO7/c1-3-13-19(32-17(27)10-9-16(26)25-2)18(21(24)29-13)20-14(11-15(23)31-20)30-22(28)12-7-5-4-6-8-12/h4-8,13-15,18-21H,3,9-11,23-24H2,1-2H3,(H,25,26)/t13-,14?,15-,18-,19?,20+,21-/m1/s1. The summed E-state index contributed by atoms with van der Waals surface area (Å²) in [6, 6.07) is 8.48. The predicted octanol–water partition coefficient (Wildman–Crippen LogP) is -0.218. The van der Waals surface area contributed by atoms with Gasteiger partial charge in [-0.3, -0.25) is 9.59 Å². The summed E-state index contributed by atoms with van der Waals surface area (Å²) < 4.78 is 23.9. The number of esters is 2. The van der Waals surface area contributed by atoms with Gasteiger partial charge in [-0.2, -0.15) is 0 Å². The average molecular weight is 443 g/mol. The van der Waals surface area contributed by atoms with Crippen molar-refractivity contribution in [3.63, 3.8) is 0 Å². The van der Waals surface area contributed by atoms with Crippen molar-refractivity contribution in [3.8, 4) is 0 Å². The predicted molar refractivity (Wildman–Crippen MR) is 122 cm³/mol. The molecule has 7 atom stereocenters. The second-order valence-corrected chi connectivity index (χ2v) is 8.45. The molecule has 0 aliphatic carbocycles. The number of carbonyl (C=O) groups is 3. The van der Waals surface area contributed by atoms with Crippen molar-refractivity contribution >= 4 is 33.5 Å². The van der Waals surface area contributed by atoms with E-state index in [1.807, 2.05) is 28.7 Å². The number of rotatable bonds is 8. The maximum atomic E-state index is 12.7. The molecule has 1 aromatic carbocycles. The Hall–Kier alpha value is -2.32. The summed E-state index contributed by atoms with van der Waals surface area (Å²) in [5, 5.41) is 2.50. The topological polar surface area (TPSA) is 100 Å². The van der Waals surface area contributed by atoms with Crippen LogP contribution >= 0.6 is 0 Å². The van der Waals surface area contributed by atoms with Crippen LogP contribution < -0.4 is 5.32 Å². The first-order valence-electron chi connectivity index (χ1n) is 11.3. The largest absolute Gasteiger partial charge is 0.459 e. The molecule has 172 valence electrons. The minimum Gasteiger partial charge on any atom is -0.459 e. The molecule has 0 spiro atoms. The smallest absolute Gasteiger partial charge is 0.338 e. The van der Waals surface area contributed by atoms with E-state index in [-0.39, 0.29) is 42.8 Å². The first-order chi connectivity index (χ1) is 15.3. The summed E-state index contributed by atoms with van der Waals surface area (Å²) in [4.78, 5) is 36.6. The van der Waals surface area contributed by atoms with E-state index >= 15 is 0 Å². The minimum atomic E-state index is -0.541. The first kappa shape index (κ1) is 24.3. The van der Waals surface area contributed by atoms with Crippen LogP contribution in [0.3, 0.4) is 0 Å². The van der Waals surface area contributed by atoms with Crippen LogP contribution in [0.25, 0.3) is 0 Å². The lowest BCUT2D eigenvalue weighted by molar-refractivity contribution is -0.157. The second-order valence-electron chi connectivity index (χ2n) is 8.45. The number of nitrogens with one attached hydrogen (secondary N) is 1. The third-order valence-electron chi connectivity index (χ3n) is 6.15. The molecule has 2 aliphatic rings. The summed E-state index contributed by atoms with van der Waals surface area (Å²) in [6.45, 7) is 1.97. The highest BCUT2D eigenvalue weighted by molar-refractivity contribution is 6.12. The number of benzene rings is 1. The van der Waals surface area contributed by atoms with Crippen LogP contribution in [0.2, 0.25) is 0 Å². The van der Waals surface area contributed by atoms with Crippen LogP contribution in [0.4, 0.5) is 0 Å². The lowest BCUT2D eigenvalue weighted by Gasteiger charge is -2.31. The highest BCUT2D eigenvalue weighted by Crippen LogP contribution is 2.39. The van der Waals surface area contributed by atoms with Crippen LogP contribution in [-0.2, 0) is 28.5 Å². The quantitative estimate of drug-likeness (QED) is 0.438. The van der Waals surface area contributed by atoms with E-state index in [9.17, 15) is 14.4 Å². The van der Waals surface area contributed by atoms with Crippen molar-refractivity contribution in [2.45, 2.75) is 69.0 Å². The molecular weight excluding hydrogens is 412 g/mol. The van der Waals surface area contributed by atoms with Crippen molar-refractivity contribution < 1.29 is 33.3 Å². The van der Waals surface area contributed by atoms with E-state index in [0.29, 0.717) is 18.4 Å². The second kappa shape index (κ2) is 11.0. The van der Waals surface area contributed by atoms with Crippen LogP contribution in [0.1, 0.15) is 43.0 Å². The molecule has 0 radical (unpaired) electrons. The average Bonchev–Trinajstić information content (AvgIpc) is 3.30. The molecule has 2 saturated heterocycles. The zero-order valence-corrected chi connectivity index (χ0v) is 19.1. The van der Waals surface area contributed by atoms with Crippen LogP contribution in [0.5, 0.6) is 0 Å². The number of amides is 1. The minimum absolute atomic E-state index is 0.0118. The molecule has 3 rings (SSSR count). The van der Waals surface area contributed by atoms with Gasteiger partial charge in [0.15, 0.2) is 0 Å². The molecule has 2 unspecified atom stereocenters. The molecule has 32 heavy (non-hydrogen) atoms. The molecule has 2 fully saturated rings. The first-order valence-corrected chi connectivity index (χ1v) is 11.3. The van der Waals surface area contributed by atoms with Gasteiger partial charge in [-0.05, 0) is 18.6 Å². The van der Waals surface area contributed by atoms with Gasteiger partial charge < -0.3 is 24.3 Å². The van der Waals surface area contributed by atoms with E-state index < -0.39 is 30.3 Å². The van der Waals surface area contributed by atoms with Crippen molar-refractivity contribution in [1.29, 1.82) is 0 Å². The van der Waals surface area contributed by atoms with Gasteiger partial charge in [-0.1, -0.05) is 25.1 Å². The van der Waals surface area contributed by atoms with Crippen molar-refractivity contribution in [2.24, 2.45) is 5.92 Å². The summed E-state index contributed by atoms with van der Waals surface area (Å²) in [7, 11) is 5.39. The van der Waals surface area contributed by atoms with Gasteiger partial charge in [0.25, 0.3) is 0 Å². The number of hydrogen-bond acceptors (Lipinski definition) is 7. The van der Waals surface area contributed by atoms with E-state index in [1.165, 1.54) is 7.05 Å². The van der Waals surface area contributed by atoms with Crippen molar-refractivity contribution in [1.82, 2.24) is 5.32 Å². The summed E-state index contributed by atoms with van der Waals surface area (Å²) in [5.41, 5.74) is 0.477. The molecule has 10 heteroatoms. The molecule has 2 aliphatic heterocycles. The van der Waals surface area contributed by atoms with E-state index in [2.05, 4.69) is 5.32 Å². The molecule has 0 saturated carbocycles. The molecule has 1 aromatic rings. The zero-order chi connectivity index (χ0) is 23.3. The maximum absolute atomic E-state index is 12.7. The third-order valence-corrected chi connectivity index (χ3v) is 6.15. The van der Waals surface area contributed by atoms with Gasteiger partial charge in [-0.25, -0.2) is 4.79 Å². The Kier molecular flexibility index (Phi) is 8.37. The Morgan fingerprint density at radius 2 is 1.81 bits per heavy atom. The molecule has 1 N–H and O–H groups in total. The van der Waals surface area contributed by atoms with Crippen LogP contribution in [0, 0.1) is 5.92 Å². The van der Waals surface area contributed by atoms with Crippen molar-refractivity contribution in [3.05, 3.63) is 35.9 Å². The molecule has 0 aromatic heterocycles. The van der Waals surface area contributed by atoms with E-state index in [4.69, 9.17) is 18.9 Å². The van der Waals surface area contributed by atoms with Gasteiger partial charge in [0.05, 0.1) is 18.1 Å². The summed E-state index contributed by atoms with van der Waals surface area (Å²) in [5.74, 6) is -1.37. The summed E-state index contributed by atoms with van der Waals surface area (Å²) in [6.07, 6.45) is -0.497. The fourth-order valence-corrected chi connectivity index (χ4v) is 4.55. The van der Waals surface area contributed by atoms with E-state index in [1.54, 1.807) is 24.3 Å². The lowest BCUT2D eigenvalue weighted by Crippen LogP contribution is -2.45. The fourth-order valence-electron chi connectivity index (χ4n) is 4.55. The highest BCUT2D eigenvalue weighted by atomic mass is 16.6. The third kappa shape index (κ3) is 5.72. The monoisotopic (exact) mass is 443 g/mol. The van der Waals surface area contributed by atoms with Crippen LogP contribution in [0.15, 0.2) is 30.3 Å². The SMILES string of the molecule is B[C@@H]1O[C@H](CC)C(OC(=O)CCC(=O)NC)[C@@H]1[C@H]1O[C@@H](B)CC1OC(=O)c1ccccc1. The van der Waals surface area contributed by atoms with Gasteiger partial charge >= 0.3 is 11.9 Å². The number of ether oxygens (including phenoxy) is 4. The number of carbonyl (C=O) groups excluding carboxylic acids is 3. The Balaban J connectivity index is 1.74. The van der Waals surface area contributed by atoms with Crippen molar-refractivity contribution in [2.75, 3.05) is 7.05 Å². The maximum Gasteiger partial charge on any atom is 0.338 e. The van der Waals surface area contributed by atoms with Gasteiger partial charge in [0.1, 0.15) is 34.0 Å². The number of hydrogen-bond donors (Lipinski definition) is 1. The molecule has 0 bridgehead atoms. The van der Waals surface area contributed by atoms with Gasteiger partial charge in [0.2, 0.25) is 5.91 Å².